The first-order valence-corrected chi connectivity index (χ1v) is 8.09. The Hall–Kier alpha value is -2.28. The van der Waals surface area contributed by atoms with Crippen molar-refractivity contribution in [1.29, 1.82) is 0 Å². The van der Waals surface area contributed by atoms with E-state index >= 15 is 0 Å². The molecule has 1 fully saturated rings. The molecule has 0 unspecified atom stereocenters. The molecule has 0 bridgehead atoms. The lowest BCUT2D eigenvalue weighted by molar-refractivity contribution is -0.148. The molecule has 120 valence electrons. The molecule has 1 N–H and O–H groups in total. The van der Waals surface area contributed by atoms with Gasteiger partial charge in [-0.25, -0.2) is 9.37 Å². The number of nitrogens with one attached hydrogen (secondary N) is 1. The van der Waals surface area contributed by atoms with Crippen LogP contribution in [0.1, 0.15) is 13.3 Å². The van der Waals surface area contributed by atoms with Crippen molar-refractivity contribution < 1.29 is 18.7 Å². The average molecular weight is 334 g/mol. The van der Waals surface area contributed by atoms with E-state index in [1.807, 2.05) is 6.92 Å². The molecule has 1 amide bonds. The summed E-state index contributed by atoms with van der Waals surface area (Å²) in [6.07, 6.45) is 0.827. The molecule has 2 aromatic rings. The summed E-state index contributed by atoms with van der Waals surface area (Å²) in [5.41, 5.74) is 1.41. The molecule has 1 heterocycles. The standard InChI is InChI=1S/C16H15FN2O3S/c1-9-6-12(9)15(21)22-7-14(20)19-16-18-13(8-23-16)10-2-4-11(17)5-3-10/h2-5,8-9,12H,6-7H2,1H3,(H,18,19,20)/t9-,12+/m1/s1. The van der Waals surface area contributed by atoms with E-state index in [0.717, 1.165) is 12.0 Å². The molecule has 1 aliphatic rings. The Bertz CT molecular complexity index is 729. The molecule has 2 atom stereocenters. The molecule has 1 aromatic heterocycles. The molecular formula is C16H15FN2O3S. The largest absolute Gasteiger partial charge is 0.455 e. The number of amides is 1. The van der Waals surface area contributed by atoms with Crippen LogP contribution in [0.15, 0.2) is 29.6 Å². The zero-order valence-corrected chi connectivity index (χ0v) is 13.2. The molecule has 1 aromatic carbocycles. The number of benzene rings is 1. The van der Waals surface area contributed by atoms with Crippen molar-refractivity contribution in [2.45, 2.75) is 13.3 Å². The topological polar surface area (TPSA) is 68.3 Å². The monoisotopic (exact) mass is 334 g/mol. The Morgan fingerprint density at radius 2 is 2.09 bits per heavy atom. The summed E-state index contributed by atoms with van der Waals surface area (Å²) >= 11 is 1.25. The molecule has 5 nitrogen and oxygen atoms in total. The Morgan fingerprint density at radius 1 is 1.39 bits per heavy atom. The molecule has 23 heavy (non-hydrogen) atoms. The van der Waals surface area contributed by atoms with Gasteiger partial charge in [0.1, 0.15) is 5.82 Å². The van der Waals surface area contributed by atoms with E-state index in [9.17, 15) is 14.0 Å². The number of rotatable bonds is 5. The van der Waals surface area contributed by atoms with Gasteiger partial charge in [0.25, 0.3) is 5.91 Å². The maximum atomic E-state index is 12.9. The number of esters is 1. The van der Waals surface area contributed by atoms with Gasteiger partial charge in [0.05, 0.1) is 11.6 Å². The van der Waals surface area contributed by atoms with Crippen LogP contribution in [0.5, 0.6) is 0 Å². The van der Waals surface area contributed by atoms with E-state index in [1.165, 1.54) is 23.5 Å². The van der Waals surface area contributed by atoms with Crippen LogP contribution in [0.4, 0.5) is 9.52 Å². The number of anilines is 1. The van der Waals surface area contributed by atoms with E-state index in [2.05, 4.69) is 10.3 Å². The number of ether oxygens (including phenoxy) is 1. The van der Waals surface area contributed by atoms with E-state index in [1.54, 1.807) is 17.5 Å². The Kier molecular flexibility index (Phi) is 4.38. The summed E-state index contributed by atoms with van der Waals surface area (Å²) in [6.45, 7) is 1.66. The van der Waals surface area contributed by atoms with Crippen molar-refractivity contribution in [2.75, 3.05) is 11.9 Å². The quantitative estimate of drug-likeness (QED) is 0.853. The lowest BCUT2D eigenvalue weighted by atomic mass is 10.2. The highest BCUT2D eigenvalue weighted by Gasteiger charge is 2.40. The highest BCUT2D eigenvalue weighted by molar-refractivity contribution is 7.14. The molecule has 1 aliphatic carbocycles. The number of halogens is 1. The van der Waals surface area contributed by atoms with Crippen molar-refractivity contribution in [3.63, 3.8) is 0 Å². The summed E-state index contributed by atoms with van der Waals surface area (Å²) < 4.78 is 17.9. The zero-order chi connectivity index (χ0) is 16.4. The number of hydrogen-bond donors (Lipinski definition) is 1. The van der Waals surface area contributed by atoms with Gasteiger partial charge >= 0.3 is 5.97 Å². The van der Waals surface area contributed by atoms with Crippen molar-refractivity contribution >= 4 is 28.3 Å². The SMILES string of the molecule is C[C@@H]1C[C@@H]1C(=O)OCC(=O)Nc1nc(-c2ccc(F)cc2)cs1. The number of hydrogen-bond acceptors (Lipinski definition) is 5. The molecule has 0 saturated heterocycles. The van der Waals surface area contributed by atoms with Crippen molar-refractivity contribution in [3.05, 3.63) is 35.5 Å². The summed E-state index contributed by atoms with van der Waals surface area (Å²) in [4.78, 5) is 27.6. The summed E-state index contributed by atoms with van der Waals surface area (Å²) in [7, 11) is 0. The van der Waals surface area contributed by atoms with Crippen LogP contribution in [0.25, 0.3) is 11.3 Å². The van der Waals surface area contributed by atoms with Gasteiger partial charge in [-0.15, -0.1) is 11.3 Å². The van der Waals surface area contributed by atoms with E-state index in [0.29, 0.717) is 16.7 Å². The Morgan fingerprint density at radius 3 is 2.74 bits per heavy atom. The maximum absolute atomic E-state index is 12.9. The fraction of sp³-hybridized carbons (Fsp3) is 0.312. The molecular weight excluding hydrogens is 319 g/mol. The van der Waals surface area contributed by atoms with Gasteiger partial charge in [-0.3, -0.25) is 14.9 Å². The van der Waals surface area contributed by atoms with Crippen LogP contribution in [-0.4, -0.2) is 23.5 Å². The van der Waals surface area contributed by atoms with E-state index in [4.69, 9.17) is 4.74 Å². The molecule has 7 heteroatoms. The van der Waals surface area contributed by atoms with Crippen LogP contribution in [-0.2, 0) is 14.3 Å². The second-order valence-corrected chi connectivity index (χ2v) is 6.38. The minimum Gasteiger partial charge on any atom is -0.455 e. The van der Waals surface area contributed by atoms with Gasteiger partial charge in [-0.05, 0) is 36.6 Å². The van der Waals surface area contributed by atoms with Gasteiger partial charge in [-0.2, -0.15) is 0 Å². The second kappa shape index (κ2) is 6.45. The fourth-order valence-corrected chi connectivity index (χ4v) is 2.87. The summed E-state index contributed by atoms with van der Waals surface area (Å²) in [6, 6.07) is 5.94. The predicted octanol–water partition coefficient (Wildman–Crippen LogP) is 3.09. The van der Waals surface area contributed by atoms with Crippen LogP contribution < -0.4 is 5.32 Å². The average Bonchev–Trinajstić information content (AvgIpc) is 3.08. The Balaban J connectivity index is 1.53. The maximum Gasteiger partial charge on any atom is 0.309 e. The van der Waals surface area contributed by atoms with Gasteiger partial charge in [-0.1, -0.05) is 6.92 Å². The summed E-state index contributed by atoms with van der Waals surface area (Å²) in [5, 5.41) is 4.76. The van der Waals surface area contributed by atoms with Crippen molar-refractivity contribution in [2.24, 2.45) is 11.8 Å². The number of thiazole rings is 1. The van der Waals surface area contributed by atoms with E-state index in [-0.39, 0.29) is 24.3 Å². The molecule has 0 spiro atoms. The fourth-order valence-electron chi connectivity index (χ4n) is 2.13. The zero-order valence-electron chi connectivity index (χ0n) is 12.4. The second-order valence-electron chi connectivity index (χ2n) is 5.52. The van der Waals surface area contributed by atoms with Crippen molar-refractivity contribution in [1.82, 2.24) is 4.98 Å². The molecule has 3 rings (SSSR count). The van der Waals surface area contributed by atoms with Crippen LogP contribution in [0, 0.1) is 17.7 Å². The first-order valence-electron chi connectivity index (χ1n) is 7.21. The first-order chi connectivity index (χ1) is 11.0. The number of nitrogens with zero attached hydrogens (tertiary/aromatic N) is 1. The van der Waals surface area contributed by atoms with Crippen LogP contribution >= 0.6 is 11.3 Å². The third kappa shape index (κ3) is 3.92. The summed E-state index contributed by atoms with van der Waals surface area (Å²) in [5.74, 6) is -0.773. The number of carbonyl (C=O) groups excluding carboxylic acids is 2. The first kappa shape index (κ1) is 15.6. The minimum atomic E-state index is -0.424. The lowest BCUT2D eigenvalue weighted by Crippen LogP contribution is -2.21. The lowest BCUT2D eigenvalue weighted by Gasteiger charge is -2.03. The smallest absolute Gasteiger partial charge is 0.309 e. The van der Waals surface area contributed by atoms with Gasteiger partial charge < -0.3 is 4.74 Å². The van der Waals surface area contributed by atoms with Gasteiger partial charge in [0.15, 0.2) is 11.7 Å². The Labute approximate surface area is 136 Å². The van der Waals surface area contributed by atoms with Crippen LogP contribution in [0.3, 0.4) is 0 Å². The molecule has 0 aliphatic heterocycles. The van der Waals surface area contributed by atoms with Gasteiger partial charge in [0.2, 0.25) is 0 Å². The minimum absolute atomic E-state index is 0.0623. The van der Waals surface area contributed by atoms with Crippen molar-refractivity contribution in [3.8, 4) is 11.3 Å². The number of aromatic nitrogens is 1. The van der Waals surface area contributed by atoms with Crippen LogP contribution in [0.2, 0.25) is 0 Å². The molecule has 1 saturated carbocycles. The highest BCUT2D eigenvalue weighted by Crippen LogP contribution is 2.38. The molecule has 0 radical (unpaired) electrons. The third-order valence-corrected chi connectivity index (χ3v) is 4.41. The van der Waals surface area contributed by atoms with Gasteiger partial charge in [0, 0.05) is 10.9 Å². The van der Waals surface area contributed by atoms with E-state index < -0.39 is 5.91 Å². The normalized spacial score (nSPS) is 19.2. The highest BCUT2D eigenvalue weighted by atomic mass is 32.1. The third-order valence-electron chi connectivity index (χ3n) is 3.65. The predicted molar refractivity (Wildman–Crippen MR) is 84.4 cm³/mol. The number of carbonyl (C=O) groups is 2.